The Morgan fingerprint density at radius 1 is 1.07 bits per heavy atom. The molecule has 1 aliphatic carbocycles. The normalized spacial score (nSPS) is 16.3. The average Bonchev–Trinajstić information content (AvgIpc) is 2.75. The van der Waals surface area contributed by atoms with Gasteiger partial charge in [0.1, 0.15) is 0 Å². The minimum atomic E-state index is -0.388. The standard InChI is InChI=1S/C21H34N6O2/c1-5-7-14-27(21(22-13-6-2)11-9-8-10-12-21)17-15-16-18(24-23-17)25(3)20(29)26(4)19(16)28/h15,22H,5-14H2,1-4H3. The van der Waals surface area contributed by atoms with Crippen molar-refractivity contribution in [3.63, 3.8) is 0 Å². The van der Waals surface area contributed by atoms with Crippen molar-refractivity contribution in [2.24, 2.45) is 14.1 Å². The van der Waals surface area contributed by atoms with Crippen molar-refractivity contribution < 1.29 is 0 Å². The highest BCUT2D eigenvalue weighted by molar-refractivity contribution is 5.76. The van der Waals surface area contributed by atoms with Gasteiger partial charge >= 0.3 is 5.69 Å². The summed E-state index contributed by atoms with van der Waals surface area (Å²) in [5, 5.41) is 13.0. The van der Waals surface area contributed by atoms with E-state index in [1.807, 2.05) is 6.07 Å². The average molecular weight is 403 g/mol. The van der Waals surface area contributed by atoms with E-state index < -0.39 is 0 Å². The zero-order valence-corrected chi connectivity index (χ0v) is 18.2. The van der Waals surface area contributed by atoms with Gasteiger partial charge in [-0.2, -0.15) is 0 Å². The molecule has 0 atom stereocenters. The Kier molecular flexibility index (Phi) is 6.72. The van der Waals surface area contributed by atoms with Crippen molar-refractivity contribution in [1.29, 1.82) is 0 Å². The Labute approximate surface area is 171 Å². The van der Waals surface area contributed by atoms with Gasteiger partial charge in [0, 0.05) is 20.6 Å². The predicted molar refractivity (Wildman–Crippen MR) is 116 cm³/mol. The Hall–Kier alpha value is -2.22. The molecular formula is C21H34N6O2. The van der Waals surface area contributed by atoms with E-state index in [-0.39, 0.29) is 16.9 Å². The van der Waals surface area contributed by atoms with Gasteiger partial charge in [0.05, 0.1) is 11.0 Å². The third-order valence-corrected chi connectivity index (χ3v) is 6.10. The zero-order valence-electron chi connectivity index (χ0n) is 18.2. The van der Waals surface area contributed by atoms with Crippen LogP contribution in [0.4, 0.5) is 5.82 Å². The van der Waals surface area contributed by atoms with E-state index in [1.54, 1.807) is 7.05 Å². The number of aromatic nitrogens is 4. The minimum absolute atomic E-state index is 0.155. The number of nitrogens with zero attached hydrogens (tertiary/aromatic N) is 5. The van der Waals surface area contributed by atoms with Gasteiger partial charge in [0.2, 0.25) is 0 Å². The number of rotatable bonds is 8. The van der Waals surface area contributed by atoms with Crippen molar-refractivity contribution in [2.45, 2.75) is 70.9 Å². The number of unbranched alkanes of at least 4 members (excludes halogenated alkanes) is 1. The van der Waals surface area contributed by atoms with Crippen LogP contribution in [-0.4, -0.2) is 38.1 Å². The minimum Gasteiger partial charge on any atom is -0.337 e. The van der Waals surface area contributed by atoms with Crippen molar-refractivity contribution in [1.82, 2.24) is 24.6 Å². The van der Waals surface area contributed by atoms with Gasteiger partial charge in [-0.05, 0) is 51.1 Å². The van der Waals surface area contributed by atoms with E-state index in [4.69, 9.17) is 0 Å². The smallest absolute Gasteiger partial charge is 0.332 e. The molecule has 1 saturated carbocycles. The van der Waals surface area contributed by atoms with Crippen LogP contribution in [0.1, 0.15) is 65.2 Å². The molecule has 0 unspecified atom stereocenters. The van der Waals surface area contributed by atoms with Gasteiger partial charge in [-0.3, -0.25) is 19.2 Å². The van der Waals surface area contributed by atoms with Gasteiger partial charge in [-0.25, -0.2) is 4.79 Å². The Morgan fingerprint density at radius 2 is 1.79 bits per heavy atom. The monoisotopic (exact) mass is 402 g/mol. The summed E-state index contributed by atoms with van der Waals surface area (Å²) in [6.07, 6.45) is 8.91. The van der Waals surface area contributed by atoms with Crippen LogP contribution < -0.4 is 21.5 Å². The fourth-order valence-corrected chi connectivity index (χ4v) is 4.40. The number of anilines is 1. The molecule has 8 nitrogen and oxygen atoms in total. The highest BCUT2D eigenvalue weighted by atomic mass is 16.2. The topological polar surface area (TPSA) is 85.1 Å². The molecule has 0 spiro atoms. The molecule has 3 rings (SSSR count). The summed E-state index contributed by atoms with van der Waals surface area (Å²) in [4.78, 5) is 27.3. The number of hydrogen-bond donors (Lipinski definition) is 1. The van der Waals surface area contributed by atoms with E-state index in [0.29, 0.717) is 16.9 Å². The molecule has 29 heavy (non-hydrogen) atoms. The molecule has 0 aromatic carbocycles. The first-order valence-electron chi connectivity index (χ1n) is 10.9. The second-order valence-corrected chi connectivity index (χ2v) is 8.17. The molecule has 2 heterocycles. The maximum Gasteiger partial charge on any atom is 0.332 e. The van der Waals surface area contributed by atoms with E-state index in [1.165, 1.54) is 30.9 Å². The van der Waals surface area contributed by atoms with Crippen LogP contribution in [0.25, 0.3) is 11.0 Å². The first kappa shape index (κ1) is 21.5. The summed E-state index contributed by atoms with van der Waals surface area (Å²) in [7, 11) is 3.13. The summed E-state index contributed by atoms with van der Waals surface area (Å²) >= 11 is 0. The number of aryl methyl sites for hydroxylation is 1. The van der Waals surface area contributed by atoms with Crippen LogP contribution in [0.3, 0.4) is 0 Å². The van der Waals surface area contributed by atoms with Crippen LogP contribution in [0.5, 0.6) is 0 Å². The van der Waals surface area contributed by atoms with Crippen LogP contribution in [-0.2, 0) is 14.1 Å². The lowest BCUT2D eigenvalue weighted by Crippen LogP contribution is -2.61. The molecule has 0 aliphatic heterocycles. The van der Waals surface area contributed by atoms with Crippen LogP contribution in [0.15, 0.2) is 15.7 Å². The number of fused-ring (bicyclic) bond motifs is 1. The first-order chi connectivity index (χ1) is 13.9. The summed E-state index contributed by atoms with van der Waals surface area (Å²) in [5.74, 6) is 0.715. The maximum atomic E-state index is 12.8. The molecule has 0 saturated heterocycles. The lowest BCUT2D eigenvalue weighted by atomic mass is 9.86. The Bertz CT molecular complexity index is 958. The van der Waals surface area contributed by atoms with Gasteiger partial charge in [-0.1, -0.05) is 26.7 Å². The zero-order chi connectivity index (χ0) is 21.0. The fraction of sp³-hybridized carbons (Fsp3) is 0.714. The highest BCUT2D eigenvalue weighted by Gasteiger charge is 2.38. The largest absolute Gasteiger partial charge is 0.337 e. The summed E-state index contributed by atoms with van der Waals surface area (Å²) in [6.45, 7) is 6.17. The molecule has 1 N–H and O–H groups in total. The van der Waals surface area contributed by atoms with Gasteiger partial charge in [-0.15, -0.1) is 10.2 Å². The molecule has 160 valence electrons. The van der Waals surface area contributed by atoms with Gasteiger partial charge in [0.15, 0.2) is 11.5 Å². The van der Waals surface area contributed by atoms with Crippen molar-refractivity contribution in [2.75, 3.05) is 18.0 Å². The fourth-order valence-electron chi connectivity index (χ4n) is 4.40. The quantitative estimate of drug-likeness (QED) is 0.682. The second-order valence-electron chi connectivity index (χ2n) is 8.17. The lowest BCUT2D eigenvalue weighted by Gasteiger charge is -2.48. The Balaban J connectivity index is 2.14. The third kappa shape index (κ3) is 4.08. The van der Waals surface area contributed by atoms with E-state index >= 15 is 0 Å². The molecule has 0 amide bonds. The summed E-state index contributed by atoms with van der Waals surface area (Å²) in [6, 6.07) is 1.82. The van der Waals surface area contributed by atoms with E-state index in [0.717, 1.165) is 49.8 Å². The maximum absolute atomic E-state index is 12.8. The van der Waals surface area contributed by atoms with Crippen molar-refractivity contribution >= 4 is 16.9 Å². The van der Waals surface area contributed by atoms with Crippen LogP contribution in [0.2, 0.25) is 0 Å². The van der Waals surface area contributed by atoms with Crippen molar-refractivity contribution in [3.05, 3.63) is 26.9 Å². The molecular weight excluding hydrogens is 368 g/mol. The highest BCUT2D eigenvalue weighted by Crippen LogP contribution is 2.35. The van der Waals surface area contributed by atoms with Gasteiger partial charge < -0.3 is 4.90 Å². The molecule has 0 bridgehead atoms. The SMILES string of the molecule is CCCCN(c1cc2c(=O)n(C)c(=O)n(C)c2nn1)C1(NCCC)CCCCC1. The number of hydrogen-bond acceptors (Lipinski definition) is 6. The third-order valence-electron chi connectivity index (χ3n) is 6.10. The van der Waals surface area contributed by atoms with Crippen LogP contribution in [0, 0.1) is 0 Å². The second kappa shape index (κ2) is 9.07. The molecule has 8 heteroatoms. The first-order valence-corrected chi connectivity index (χ1v) is 10.9. The van der Waals surface area contributed by atoms with Gasteiger partial charge in [0.25, 0.3) is 5.56 Å². The summed E-state index contributed by atoms with van der Waals surface area (Å²) < 4.78 is 2.52. The van der Waals surface area contributed by atoms with Crippen LogP contribution >= 0.6 is 0 Å². The van der Waals surface area contributed by atoms with E-state index in [9.17, 15) is 9.59 Å². The Morgan fingerprint density at radius 3 is 2.45 bits per heavy atom. The molecule has 1 aliphatic rings. The number of nitrogens with one attached hydrogen (secondary N) is 1. The summed E-state index contributed by atoms with van der Waals surface area (Å²) in [5.41, 5.74) is -0.538. The molecule has 2 aromatic rings. The predicted octanol–water partition coefficient (Wildman–Crippen LogP) is 2.29. The lowest BCUT2D eigenvalue weighted by molar-refractivity contribution is 0.218. The van der Waals surface area contributed by atoms with Crippen molar-refractivity contribution in [3.8, 4) is 0 Å². The molecule has 0 radical (unpaired) electrons. The van der Waals surface area contributed by atoms with E-state index in [2.05, 4.69) is 34.3 Å². The molecule has 1 fully saturated rings. The molecule has 2 aromatic heterocycles.